The van der Waals surface area contributed by atoms with Gasteiger partial charge in [-0.2, -0.15) is 0 Å². The van der Waals surface area contributed by atoms with Crippen LogP contribution >= 0.6 is 0 Å². The maximum Gasteiger partial charge on any atom is 0.330 e. The number of carbonyl (C=O) groups is 4. The number of benzene rings is 4. The number of ether oxygens (including phenoxy) is 2. The Hall–Kier alpha value is -5.84. The first-order chi connectivity index (χ1) is 24.5. The lowest BCUT2D eigenvalue weighted by Crippen LogP contribution is -2.31. The summed E-state index contributed by atoms with van der Waals surface area (Å²) in [5.74, 6) is -1.83. The van der Waals surface area contributed by atoms with Gasteiger partial charge in [-0.1, -0.05) is 86.0 Å². The van der Waals surface area contributed by atoms with Gasteiger partial charge in [0.1, 0.15) is 26.4 Å². The number of carbonyl (C=O) groups excluding carboxylic acids is 4. The summed E-state index contributed by atoms with van der Waals surface area (Å²) in [6, 6.07) is 28.2. The van der Waals surface area contributed by atoms with Crippen molar-refractivity contribution >= 4 is 23.8 Å². The highest BCUT2D eigenvalue weighted by Gasteiger charge is 2.46. The summed E-state index contributed by atoms with van der Waals surface area (Å²) in [5.41, 5.74) is 7.86. The Bertz CT molecular complexity index is 1860. The molecule has 10 nitrogen and oxygen atoms in total. The molecule has 262 valence electrons. The number of nitrogens with zero attached hydrogens (tertiary/aromatic N) is 2. The Morgan fingerprint density at radius 1 is 0.608 bits per heavy atom. The molecule has 4 aromatic carbocycles. The fraction of sp³-hybridized carbons (Fsp3) is 0.220. The quantitative estimate of drug-likeness (QED) is 0.0593. The van der Waals surface area contributed by atoms with E-state index in [1.165, 1.54) is 14.1 Å². The van der Waals surface area contributed by atoms with Gasteiger partial charge in [0.25, 0.3) is 11.8 Å². The standard InChI is InChI=1S/C41H40N2O8/c1-7-37(44)48-21-23-50-42(5)39(46)31-19-17-29(25-27(31)3)41(35-15-11-9-13-33(35)34-14-10-12-16-36(34)41)30-18-20-32(28(4)26-30)40(47)43(6)51-24-22-49-38(45)8-2/h7-20,25-26H,1-2,21-24H2,3-6H3. The second-order valence-corrected chi connectivity index (χ2v) is 11.9. The third kappa shape index (κ3) is 7.23. The SMILES string of the molecule is C=CC(=O)OCCON(C)C(=O)c1ccc(C2(c3ccc(C(=O)N(C)OCCOC(=O)C=C)c(C)c3)c3ccccc3-c3ccccc32)cc1C. The Morgan fingerprint density at radius 2 is 1.00 bits per heavy atom. The number of fused-ring (bicyclic) bond motifs is 3. The molecule has 5 rings (SSSR count). The number of amides is 2. The van der Waals surface area contributed by atoms with Crippen molar-refractivity contribution in [2.45, 2.75) is 19.3 Å². The average Bonchev–Trinajstić information content (AvgIpc) is 3.45. The summed E-state index contributed by atoms with van der Waals surface area (Å²) in [6.07, 6.45) is 2.13. The molecule has 0 bridgehead atoms. The topological polar surface area (TPSA) is 112 Å². The van der Waals surface area contributed by atoms with Crippen LogP contribution in [0.25, 0.3) is 11.1 Å². The third-order valence-electron chi connectivity index (χ3n) is 8.86. The lowest BCUT2D eigenvalue weighted by atomic mass is 9.67. The molecule has 10 heteroatoms. The van der Waals surface area contributed by atoms with E-state index in [1.54, 1.807) is 12.1 Å². The zero-order valence-electron chi connectivity index (χ0n) is 29.1. The minimum absolute atomic E-state index is 0.000549. The highest BCUT2D eigenvalue weighted by atomic mass is 16.7. The van der Waals surface area contributed by atoms with E-state index in [2.05, 4.69) is 37.4 Å². The molecule has 0 atom stereocenters. The molecule has 0 aliphatic heterocycles. The van der Waals surface area contributed by atoms with Gasteiger partial charge in [-0.3, -0.25) is 19.3 Å². The lowest BCUT2D eigenvalue weighted by molar-refractivity contribution is -0.148. The number of hydrogen-bond acceptors (Lipinski definition) is 8. The van der Waals surface area contributed by atoms with Crippen molar-refractivity contribution in [3.8, 4) is 11.1 Å². The molecule has 0 unspecified atom stereocenters. The van der Waals surface area contributed by atoms with Gasteiger partial charge in [-0.15, -0.1) is 0 Å². The van der Waals surface area contributed by atoms with Gasteiger partial charge in [0, 0.05) is 37.4 Å². The van der Waals surface area contributed by atoms with E-state index in [9.17, 15) is 19.2 Å². The summed E-state index contributed by atoms with van der Waals surface area (Å²) in [5, 5.41) is 2.26. The smallest absolute Gasteiger partial charge is 0.330 e. The fourth-order valence-corrected chi connectivity index (χ4v) is 6.50. The van der Waals surface area contributed by atoms with Crippen molar-refractivity contribution in [2.24, 2.45) is 0 Å². The van der Waals surface area contributed by atoms with E-state index >= 15 is 0 Å². The van der Waals surface area contributed by atoms with Crippen LogP contribution in [0.1, 0.15) is 54.1 Å². The molecule has 0 heterocycles. The average molecular weight is 689 g/mol. The van der Waals surface area contributed by atoms with Gasteiger partial charge in [0.2, 0.25) is 0 Å². The zero-order valence-corrected chi connectivity index (χ0v) is 29.1. The molecule has 0 fully saturated rings. The largest absolute Gasteiger partial charge is 0.460 e. The van der Waals surface area contributed by atoms with E-state index in [1.807, 2.05) is 62.4 Å². The van der Waals surface area contributed by atoms with Crippen molar-refractivity contribution in [3.63, 3.8) is 0 Å². The molecule has 0 radical (unpaired) electrons. The molecular weight excluding hydrogens is 648 g/mol. The van der Waals surface area contributed by atoms with Crippen molar-refractivity contribution in [2.75, 3.05) is 40.5 Å². The molecular formula is C41H40N2O8. The van der Waals surface area contributed by atoms with Gasteiger partial charge in [-0.25, -0.2) is 19.7 Å². The van der Waals surface area contributed by atoms with Crippen LogP contribution in [0.4, 0.5) is 0 Å². The Balaban J connectivity index is 1.52. The Kier molecular flexibility index (Phi) is 11.3. The molecule has 4 aromatic rings. The fourth-order valence-electron chi connectivity index (χ4n) is 6.50. The number of aryl methyl sites for hydroxylation is 2. The van der Waals surface area contributed by atoms with Crippen LogP contribution in [0.3, 0.4) is 0 Å². The number of hydroxylamine groups is 4. The first-order valence-electron chi connectivity index (χ1n) is 16.4. The molecule has 0 aromatic heterocycles. The van der Waals surface area contributed by atoms with Crippen LogP contribution < -0.4 is 0 Å². The number of hydrogen-bond donors (Lipinski definition) is 0. The van der Waals surface area contributed by atoms with Crippen LogP contribution in [-0.4, -0.2) is 74.4 Å². The van der Waals surface area contributed by atoms with Crippen molar-refractivity contribution in [1.82, 2.24) is 10.1 Å². The summed E-state index contributed by atoms with van der Waals surface area (Å²) >= 11 is 0. The zero-order chi connectivity index (χ0) is 36.7. The Morgan fingerprint density at radius 3 is 1.37 bits per heavy atom. The van der Waals surface area contributed by atoms with Crippen LogP contribution in [0.2, 0.25) is 0 Å². The molecule has 0 saturated heterocycles. The van der Waals surface area contributed by atoms with E-state index in [0.29, 0.717) is 11.1 Å². The van der Waals surface area contributed by atoms with Crippen LogP contribution in [-0.2, 0) is 34.2 Å². The second-order valence-electron chi connectivity index (χ2n) is 11.9. The predicted molar refractivity (Wildman–Crippen MR) is 192 cm³/mol. The minimum atomic E-state index is -0.777. The summed E-state index contributed by atoms with van der Waals surface area (Å²) in [4.78, 5) is 60.6. The molecule has 1 aliphatic rings. The number of esters is 2. The molecule has 2 amide bonds. The maximum atomic E-state index is 13.5. The van der Waals surface area contributed by atoms with Crippen molar-refractivity contribution < 1.29 is 38.3 Å². The summed E-state index contributed by atoms with van der Waals surface area (Å²) < 4.78 is 9.88. The predicted octanol–water partition coefficient (Wildman–Crippen LogP) is 6.13. The van der Waals surface area contributed by atoms with Crippen LogP contribution in [0.5, 0.6) is 0 Å². The minimum Gasteiger partial charge on any atom is -0.460 e. The molecule has 0 saturated carbocycles. The van der Waals surface area contributed by atoms with Gasteiger partial charge >= 0.3 is 11.9 Å². The van der Waals surface area contributed by atoms with Crippen molar-refractivity contribution in [1.29, 1.82) is 0 Å². The lowest BCUT2D eigenvalue weighted by Gasteiger charge is -2.35. The summed E-state index contributed by atoms with van der Waals surface area (Å²) in [7, 11) is 3.03. The van der Waals surface area contributed by atoms with Crippen LogP contribution in [0, 0.1) is 13.8 Å². The van der Waals surface area contributed by atoms with Crippen LogP contribution in [0.15, 0.2) is 110 Å². The number of rotatable bonds is 14. The van der Waals surface area contributed by atoms with Gasteiger partial charge in [-0.05, 0) is 70.5 Å². The van der Waals surface area contributed by atoms with E-state index in [4.69, 9.17) is 19.1 Å². The molecule has 0 spiro atoms. The molecule has 0 N–H and O–H groups in total. The molecule has 51 heavy (non-hydrogen) atoms. The molecule has 1 aliphatic carbocycles. The maximum absolute atomic E-state index is 13.5. The highest BCUT2D eigenvalue weighted by Crippen LogP contribution is 2.56. The Labute approximate surface area is 297 Å². The first kappa shape index (κ1) is 36.4. The van der Waals surface area contributed by atoms with Crippen molar-refractivity contribution in [3.05, 3.63) is 155 Å². The second kappa shape index (κ2) is 15.8. The van der Waals surface area contributed by atoms with Gasteiger partial charge in [0.15, 0.2) is 0 Å². The van der Waals surface area contributed by atoms with E-state index in [-0.39, 0.29) is 38.2 Å². The van der Waals surface area contributed by atoms with Gasteiger partial charge in [0.05, 0.1) is 5.41 Å². The normalized spacial score (nSPS) is 12.2. The van der Waals surface area contributed by atoms with E-state index < -0.39 is 17.4 Å². The van der Waals surface area contributed by atoms with E-state index in [0.717, 1.165) is 66.8 Å². The first-order valence-corrected chi connectivity index (χ1v) is 16.4. The van der Waals surface area contributed by atoms with Gasteiger partial charge < -0.3 is 9.47 Å². The summed E-state index contributed by atoms with van der Waals surface area (Å²) in [6.45, 7) is 10.4. The monoisotopic (exact) mass is 688 g/mol. The third-order valence-corrected chi connectivity index (χ3v) is 8.86. The highest BCUT2D eigenvalue weighted by molar-refractivity contribution is 5.96.